The Bertz CT molecular complexity index is 228. The molecule has 0 fully saturated rings. The molecule has 0 aliphatic carbocycles. The van der Waals surface area contributed by atoms with Crippen LogP contribution in [0, 0.1) is 6.92 Å². The first-order chi connectivity index (χ1) is 5.26. The topological polar surface area (TPSA) is 55.2 Å². The van der Waals surface area contributed by atoms with E-state index in [9.17, 15) is 0 Å². The molecule has 1 aromatic heterocycles. The maximum absolute atomic E-state index is 8.74. The van der Waals surface area contributed by atoms with Crippen molar-refractivity contribution in [3.8, 4) is 6.01 Å². The van der Waals surface area contributed by atoms with E-state index >= 15 is 0 Å². The number of aryl methyl sites for hydroxylation is 1. The average molecular weight is 154 g/mol. The van der Waals surface area contributed by atoms with Gasteiger partial charge in [-0.15, -0.1) is 0 Å². The first-order valence-electron chi connectivity index (χ1n) is 3.25. The predicted molar refractivity (Wildman–Crippen MR) is 39.2 cm³/mol. The molecule has 1 N–H and O–H groups in total. The number of hydrogen-bond acceptors (Lipinski definition) is 4. The number of aliphatic hydroxyl groups is 1. The zero-order valence-electron chi connectivity index (χ0n) is 6.53. The predicted octanol–water partition coefficient (Wildman–Crippen LogP) is 0.286. The van der Waals surface area contributed by atoms with Gasteiger partial charge in [0.2, 0.25) is 0 Å². The SMILES string of the molecule is COc1nc(C)cc(CO)n1. The second-order valence-corrected chi connectivity index (χ2v) is 2.15. The molecule has 0 spiro atoms. The van der Waals surface area contributed by atoms with Gasteiger partial charge in [0.15, 0.2) is 0 Å². The van der Waals surface area contributed by atoms with Crippen molar-refractivity contribution in [3.05, 3.63) is 17.5 Å². The van der Waals surface area contributed by atoms with Crippen molar-refractivity contribution >= 4 is 0 Å². The Kier molecular flexibility index (Phi) is 2.38. The minimum Gasteiger partial charge on any atom is -0.467 e. The summed E-state index contributed by atoms with van der Waals surface area (Å²) in [7, 11) is 1.50. The maximum atomic E-state index is 8.74. The normalized spacial score (nSPS) is 9.73. The molecule has 1 rings (SSSR count). The van der Waals surface area contributed by atoms with E-state index in [1.165, 1.54) is 7.11 Å². The molecule has 0 atom stereocenters. The van der Waals surface area contributed by atoms with Gasteiger partial charge in [0.05, 0.1) is 19.4 Å². The van der Waals surface area contributed by atoms with E-state index in [-0.39, 0.29) is 6.61 Å². The molecule has 0 saturated carbocycles. The van der Waals surface area contributed by atoms with E-state index in [0.29, 0.717) is 11.7 Å². The zero-order valence-corrected chi connectivity index (χ0v) is 6.53. The Hall–Kier alpha value is -1.16. The Morgan fingerprint density at radius 2 is 2.27 bits per heavy atom. The third-order valence-corrected chi connectivity index (χ3v) is 1.23. The Balaban J connectivity index is 3.02. The van der Waals surface area contributed by atoms with E-state index < -0.39 is 0 Å². The van der Waals surface area contributed by atoms with Crippen molar-refractivity contribution < 1.29 is 9.84 Å². The van der Waals surface area contributed by atoms with Gasteiger partial charge in [-0.2, -0.15) is 4.98 Å². The van der Waals surface area contributed by atoms with Crippen LogP contribution in [-0.2, 0) is 6.61 Å². The minimum absolute atomic E-state index is 0.0836. The second kappa shape index (κ2) is 3.30. The van der Waals surface area contributed by atoms with E-state index in [0.717, 1.165) is 5.69 Å². The van der Waals surface area contributed by atoms with Crippen LogP contribution in [0.25, 0.3) is 0 Å². The quantitative estimate of drug-likeness (QED) is 0.665. The number of aromatic nitrogens is 2. The van der Waals surface area contributed by atoms with Crippen molar-refractivity contribution in [2.24, 2.45) is 0 Å². The second-order valence-electron chi connectivity index (χ2n) is 2.15. The smallest absolute Gasteiger partial charge is 0.316 e. The number of nitrogens with zero attached hydrogens (tertiary/aromatic N) is 2. The molecule has 0 radical (unpaired) electrons. The summed E-state index contributed by atoms with van der Waals surface area (Å²) in [6, 6.07) is 2.01. The van der Waals surface area contributed by atoms with Gasteiger partial charge in [-0.25, -0.2) is 4.98 Å². The molecule has 1 aromatic rings. The van der Waals surface area contributed by atoms with Crippen LogP contribution in [0.1, 0.15) is 11.4 Å². The zero-order chi connectivity index (χ0) is 8.27. The molecule has 0 amide bonds. The molecule has 0 unspecified atom stereocenters. The largest absolute Gasteiger partial charge is 0.467 e. The molecule has 4 heteroatoms. The third-order valence-electron chi connectivity index (χ3n) is 1.23. The van der Waals surface area contributed by atoms with Crippen LogP contribution < -0.4 is 4.74 Å². The Morgan fingerprint density at radius 3 is 2.82 bits per heavy atom. The first-order valence-corrected chi connectivity index (χ1v) is 3.25. The minimum atomic E-state index is -0.0836. The third kappa shape index (κ3) is 1.88. The maximum Gasteiger partial charge on any atom is 0.316 e. The molecule has 1 heterocycles. The molecular formula is C7H10N2O2. The Labute approximate surface area is 64.9 Å². The summed E-state index contributed by atoms with van der Waals surface area (Å²) >= 11 is 0. The van der Waals surface area contributed by atoms with Gasteiger partial charge in [-0.3, -0.25) is 0 Å². The van der Waals surface area contributed by atoms with E-state index in [2.05, 4.69) is 9.97 Å². The van der Waals surface area contributed by atoms with Crippen molar-refractivity contribution in [2.45, 2.75) is 13.5 Å². The lowest BCUT2D eigenvalue weighted by Crippen LogP contribution is -1.98. The van der Waals surface area contributed by atoms with E-state index in [1.54, 1.807) is 6.07 Å². The van der Waals surface area contributed by atoms with Crippen LogP contribution in [0.4, 0.5) is 0 Å². The summed E-state index contributed by atoms with van der Waals surface area (Å²) in [4.78, 5) is 7.84. The van der Waals surface area contributed by atoms with Gasteiger partial charge in [0, 0.05) is 5.69 Å². The van der Waals surface area contributed by atoms with Gasteiger partial charge >= 0.3 is 6.01 Å². The van der Waals surface area contributed by atoms with Crippen molar-refractivity contribution in [2.75, 3.05) is 7.11 Å². The highest BCUT2D eigenvalue weighted by Gasteiger charge is 1.99. The molecule has 0 saturated heterocycles. The monoisotopic (exact) mass is 154 g/mol. The number of ether oxygens (including phenoxy) is 1. The van der Waals surface area contributed by atoms with Gasteiger partial charge in [0.1, 0.15) is 0 Å². The van der Waals surface area contributed by atoms with Crippen LogP contribution in [0.2, 0.25) is 0 Å². The summed E-state index contributed by atoms with van der Waals surface area (Å²) in [5.74, 6) is 0. The number of rotatable bonds is 2. The standard InChI is InChI=1S/C7H10N2O2/c1-5-3-6(4-10)9-7(8-5)11-2/h3,10H,4H2,1-2H3. The summed E-state index contributed by atoms with van der Waals surface area (Å²) in [5.41, 5.74) is 1.37. The summed E-state index contributed by atoms with van der Waals surface area (Å²) in [6.45, 7) is 1.74. The highest BCUT2D eigenvalue weighted by molar-refractivity contribution is 5.11. The molecule has 11 heavy (non-hydrogen) atoms. The Morgan fingerprint density at radius 1 is 1.55 bits per heavy atom. The van der Waals surface area contributed by atoms with Crippen LogP contribution in [-0.4, -0.2) is 22.2 Å². The molecule has 0 bridgehead atoms. The molecule has 4 nitrogen and oxygen atoms in total. The fourth-order valence-corrected chi connectivity index (χ4v) is 0.777. The van der Waals surface area contributed by atoms with Crippen molar-refractivity contribution in [1.29, 1.82) is 0 Å². The summed E-state index contributed by atoms with van der Waals surface area (Å²) < 4.78 is 4.80. The van der Waals surface area contributed by atoms with Crippen LogP contribution in [0.15, 0.2) is 6.07 Å². The van der Waals surface area contributed by atoms with Gasteiger partial charge in [-0.05, 0) is 13.0 Å². The first kappa shape index (κ1) is 7.94. The van der Waals surface area contributed by atoms with Gasteiger partial charge in [0.25, 0.3) is 0 Å². The lowest BCUT2D eigenvalue weighted by atomic mass is 10.3. The van der Waals surface area contributed by atoms with Crippen molar-refractivity contribution in [1.82, 2.24) is 9.97 Å². The average Bonchev–Trinajstić information content (AvgIpc) is 2.03. The molecule has 0 aliphatic rings. The number of methoxy groups -OCH3 is 1. The van der Waals surface area contributed by atoms with Crippen LogP contribution >= 0.6 is 0 Å². The van der Waals surface area contributed by atoms with E-state index in [4.69, 9.17) is 9.84 Å². The summed E-state index contributed by atoms with van der Waals surface area (Å²) in [6.07, 6.45) is 0. The lowest BCUT2D eigenvalue weighted by molar-refractivity contribution is 0.273. The highest BCUT2D eigenvalue weighted by Crippen LogP contribution is 2.05. The number of aliphatic hydroxyl groups excluding tert-OH is 1. The van der Waals surface area contributed by atoms with Crippen LogP contribution in [0.5, 0.6) is 6.01 Å². The lowest BCUT2D eigenvalue weighted by Gasteiger charge is -2.00. The summed E-state index contributed by atoms with van der Waals surface area (Å²) in [5, 5.41) is 8.74. The highest BCUT2D eigenvalue weighted by atomic mass is 16.5. The van der Waals surface area contributed by atoms with Crippen molar-refractivity contribution in [3.63, 3.8) is 0 Å². The fraction of sp³-hybridized carbons (Fsp3) is 0.429. The van der Waals surface area contributed by atoms with Gasteiger partial charge < -0.3 is 9.84 Å². The van der Waals surface area contributed by atoms with Crippen LogP contribution in [0.3, 0.4) is 0 Å². The number of hydrogen-bond donors (Lipinski definition) is 1. The van der Waals surface area contributed by atoms with Gasteiger partial charge in [-0.1, -0.05) is 0 Å². The molecule has 0 aliphatic heterocycles. The molecule has 60 valence electrons. The molecule has 0 aromatic carbocycles. The fourth-order valence-electron chi connectivity index (χ4n) is 0.777. The van der Waals surface area contributed by atoms with E-state index in [1.807, 2.05) is 6.92 Å². The molecular weight excluding hydrogens is 144 g/mol.